The predicted molar refractivity (Wildman–Crippen MR) is 79.3 cm³/mol. The third-order valence-corrected chi connectivity index (χ3v) is 3.68. The van der Waals surface area contributed by atoms with Gasteiger partial charge in [0.15, 0.2) is 5.82 Å². The first-order valence-electron chi connectivity index (χ1n) is 7.47. The number of aromatic nitrogens is 2. The standard InChI is InChI=1S/C16H22FN3O/c1-2-12(8-9-18)6-7-16-19-15(20-21-16)11-13-4-3-5-14(17)10-13/h3-5,10,12H,2,6-9,11,18H2,1H3. The van der Waals surface area contributed by atoms with Crippen LogP contribution in [0.15, 0.2) is 28.8 Å². The summed E-state index contributed by atoms with van der Waals surface area (Å²) in [6.07, 6.45) is 4.41. The number of hydrogen-bond donors (Lipinski definition) is 1. The Bertz CT molecular complexity index is 556. The van der Waals surface area contributed by atoms with Crippen LogP contribution in [0.5, 0.6) is 0 Å². The van der Waals surface area contributed by atoms with Crippen molar-refractivity contribution in [2.75, 3.05) is 6.54 Å². The molecule has 0 spiro atoms. The summed E-state index contributed by atoms with van der Waals surface area (Å²) < 4.78 is 18.4. The van der Waals surface area contributed by atoms with E-state index in [9.17, 15) is 4.39 Å². The van der Waals surface area contributed by atoms with Crippen molar-refractivity contribution in [2.24, 2.45) is 11.7 Å². The summed E-state index contributed by atoms with van der Waals surface area (Å²) in [5.74, 6) is 1.61. The molecule has 114 valence electrons. The minimum Gasteiger partial charge on any atom is -0.339 e. The Morgan fingerprint density at radius 1 is 1.33 bits per heavy atom. The molecule has 0 radical (unpaired) electrons. The van der Waals surface area contributed by atoms with Gasteiger partial charge in [0, 0.05) is 12.8 Å². The molecule has 0 bridgehead atoms. The van der Waals surface area contributed by atoms with Crippen LogP contribution >= 0.6 is 0 Å². The van der Waals surface area contributed by atoms with Gasteiger partial charge in [-0.1, -0.05) is 30.6 Å². The highest BCUT2D eigenvalue weighted by molar-refractivity contribution is 5.19. The molecule has 5 heteroatoms. The maximum atomic E-state index is 13.1. The van der Waals surface area contributed by atoms with Gasteiger partial charge in [-0.05, 0) is 43.0 Å². The van der Waals surface area contributed by atoms with Crippen LogP contribution < -0.4 is 5.73 Å². The van der Waals surface area contributed by atoms with Crippen molar-refractivity contribution in [3.05, 3.63) is 47.4 Å². The van der Waals surface area contributed by atoms with Gasteiger partial charge in [0.1, 0.15) is 5.82 Å². The maximum absolute atomic E-state index is 13.1. The van der Waals surface area contributed by atoms with Crippen LogP contribution in [0, 0.1) is 11.7 Å². The second-order valence-corrected chi connectivity index (χ2v) is 5.30. The minimum absolute atomic E-state index is 0.246. The smallest absolute Gasteiger partial charge is 0.226 e. The molecule has 21 heavy (non-hydrogen) atoms. The van der Waals surface area contributed by atoms with Crippen LogP contribution in [0.4, 0.5) is 4.39 Å². The third kappa shape index (κ3) is 4.93. The number of nitrogens with zero attached hydrogens (tertiary/aromatic N) is 2. The molecular formula is C16H22FN3O. The second kappa shape index (κ2) is 7.88. The summed E-state index contributed by atoms with van der Waals surface area (Å²) in [7, 11) is 0. The van der Waals surface area contributed by atoms with Gasteiger partial charge in [-0.2, -0.15) is 4.98 Å². The van der Waals surface area contributed by atoms with E-state index in [1.165, 1.54) is 12.1 Å². The van der Waals surface area contributed by atoms with E-state index in [1.54, 1.807) is 6.07 Å². The number of rotatable bonds is 8. The quantitative estimate of drug-likeness (QED) is 0.811. The lowest BCUT2D eigenvalue weighted by atomic mass is 9.97. The van der Waals surface area contributed by atoms with Gasteiger partial charge in [0.2, 0.25) is 5.89 Å². The van der Waals surface area contributed by atoms with Crippen molar-refractivity contribution in [3.63, 3.8) is 0 Å². The topological polar surface area (TPSA) is 64.9 Å². The van der Waals surface area contributed by atoms with Crippen molar-refractivity contribution in [2.45, 2.75) is 39.0 Å². The SMILES string of the molecule is CCC(CCN)CCc1nc(Cc2cccc(F)c2)no1. The van der Waals surface area contributed by atoms with Gasteiger partial charge < -0.3 is 10.3 Å². The van der Waals surface area contributed by atoms with Crippen LogP contribution in [0.25, 0.3) is 0 Å². The third-order valence-electron chi connectivity index (χ3n) is 3.68. The number of benzene rings is 1. The zero-order valence-electron chi connectivity index (χ0n) is 12.4. The van der Waals surface area contributed by atoms with Gasteiger partial charge in [-0.3, -0.25) is 0 Å². The first-order valence-corrected chi connectivity index (χ1v) is 7.47. The molecule has 0 aliphatic rings. The molecule has 2 rings (SSSR count). The summed E-state index contributed by atoms with van der Waals surface area (Å²) >= 11 is 0. The Morgan fingerprint density at radius 2 is 2.19 bits per heavy atom. The van der Waals surface area contributed by atoms with Gasteiger partial charge in [0.25, 0.3) is 0 Å². The fourth-order valence-corrected chi connectivity index (χ4v) is 2.41. The average molecular weight is 291 g/mol. The van der Waals surface area contributed by atoms with Gasteiger partial charge in [0.05, 0.1) is 0 Å². The van der Waals surface area contributed by atoms with E-state index in [1.807, 2.05) is 6.07 Å². The van der Waals surface area contributed by atoms with E-state index in [0.29, 0.717) is 30.6 Å². The fraction of sp³-hybridized carbons (Fsp3) is 0.500. The van der Waals surface area contributed by atoms with Crippen molar-refractivity contribution < 1.29 is 8.91 Å². The molecule has 1 heterocycles. The van der Waals surface area contributed by atoms with Crippen LogP contribution in [0.2, 0.25) is 0 Å². The summed E-state index contributed by atoms with van der Waals surface area (Å²) in [5.41, 5.74) is 6.44. The molecule has 1 unspecified atom stereocenters. The summed E-state index contributed by atoms with van der Waals surface area (Å²) in [5, 5.41) is 3.96. The van der Waals surface area contributed by atoms with Gasteiger partial charge in [-0.25, -0.2) is 4.39 Å². The van der Waals surface area contributed by atoms with Crippen LogP contribution in [-0.2, 0) is 12.8 Å². The van der Waals surface area contributed by atoms with Crippen molar-refractivity contribution in [3.8, 4) is 0 Å². The highest BCUT2D eigenvalue weighted by atomic mass is 19.1. The van der Waals surface area contributed by atoms with Crippen LogP contribution in [-0.4, -0.2) is 16.7 Å². The largest absolute Gasteiger partial charge is 0.339 e. The molecular weight excluding hydrogens is 269 g/mol. The highest BCUT2D eigenvalue weighted by Gasteiger charge is 2.11. The molecule has 0 saturated carbocycles. The molecule has 2 N–H and O–H groups in total. The van der Waals surface area contributed by atoms with E-state index in [0.717, 1.165) is 31.2 Å². The van der Waals surface area contributed by atoms with Gasteiger partial charge >= 0.3 is 0 Å². The average Bonchev–Trinajstić information content (AvgIpc) is 2.91. The number of halogens is 1. The molecule has 4 nitrogen and oxygen atoms in total. The fourth-order valence-electron chi connectivity index (χ4n) is 2.41. The Balaban J connectivity index is 1.89. The van der Waals surface area contributed by atoms with Gasteiger partial charge in [-0.15, -0.1) is 0 Å². The molecule has 0 aliphatic carbocycles. The van der Waals surface area contributed by atoms with Crippen LogP contribution in [0.3, 0.4) is 0 Å². The van der Waals surface area contributed by atoms with Crippen LogP contribution in [0.1, 0.15) is 43.5 Å². The molecule has 0 aliphatic heterocycles. The Kier molecular flexibility index (Phi) is 5.87. The summed E-state index contributed by atoms with van der Waals surface area (Å²) in [4.78, 5) is 4.37. The summed E-state index contributed by atoms with van der Waals surface area (Å²) in [6.45, 7) is 2.89. The molecule has 2 aromatic rings. The second-order valence-electron chi connectivity index (χ2n) is 5.30. The molecule has 0 amide bonds. The number of nitrogens with two attached hydrogens (primary N) is 1. The molecule has 1 aromatic carbocycles. The van der Waals surface area contributed by atoms with E-state index in [2.05, 4.69) is 17.1 Å². The van der Waals surface area contributed by atoms with E-state index in [-0.39, 0.29) is 5.82 Å². The minimum atomic E-state index is -0.246. The molecule has 0 saturated heterocycles. The maximum Gasteiger partial charge on any atom is 0.226 e. The number of hydrogen-bond acceptors (Lipinski definition) is 4. The molecule has 1 atom stereocenters. The lowest BCUT2D eigenvalue weighted by Gasteiger charge is -2.11. The normalized spacial score (nSPS) is 12.5. The summed E-state index contributed by atoms with van der Waals surface area (Å²) in [6, 6.07) is 6.45. The lowest BCUT2D eigenvalue weighted by Crippen LogP contribution is -2.09. The van der Waals surface area contributed by atoms with E-state index >= 15 is 0 Å². The van der Waals surface area contributed by atoms with Crippen molar-refractivity contribution in [1.82, 2.24) is 10.1 Å². The molecule has 0 fully saturated rings. The van der Waals surface area contributed by atoms with Crippen molar-refractivity contribution in [1.29, 1.82) is 0 Å². The first kappa shape index (κ1) is 15.6. The molecule has 1 aromatic heterocycles. The van der Waals surface area contributed by atoms with Crippen molar-refractivity contribution >= 4 is 0 Å². The monoisotopic (exact) mass is 291 g/mol. The zero-order valence-corrected chi connectivity index (χ0v) is 12.4. The Labute approximate surface area is 124 Å². The Morgan fingerprint density at radius 3 is 2.90 bits per heavy atom. The number of aryl methyl sites for hydroxylation is 1. The highest BCUT2D eigenvalue weighted by Crippen LogP contribution is 2.16. The first-order chi connectivity index (χ1) is 10.2. The van der Waals surface area contributed by atoms with E-state index in [4.69, 9.17) is 10.3 Å². The lowest BCUT2D eigenvalue weighted by molar-refractivity contribution is 0.351. The predicted octanol–water partition coefficient (Wildman–Crippen LogP) is 3.11. The zero-order chi connectivity index (χ0) is 15.1. The van der Waals surface area contributed by atoms with E-state index < -0.39 is 0 Å². The Hall–Kier alpha value is -1.75.